The van der Waals surface area contributed by atoms with Crippen molar-refractivity contribution in [2.45, 2.75) is 11.4 Å². The normalized spacial score (nSPS) is 13.7. The van der Waals surface area contributed by atoms with Gasteiger partial charge in [0, 0.05) is 23.4 Å². The fourth-order valence-corrected chi connectivity index (χ4v) is 3.69. The van der Waals surface area contributed by atoms with E-state index in [1.54, 1.807) is 29.7 Å². The Hall–Kier alpha value is -2.29. The van der Waals surface area contributed by atoms with Crippen molar-refractivity contribution in [1.82, 2.24) is 5.48 Å². The Morgan fingerprint density at radius 3 is 2.73 bits per heavy atom. The highest BCUT2D eigenvalue weighted by Gasteiger charge is 2.21. The van der Waals surface area contributed by atoms with Crippen LogP contribution < -0.4 is 15.1 Å². The maximum atomic E-state index is 11.7. The van der Waals surface area contributed by atoms with Crippen molar-refractivity contribution in [2.75, 3.05) is 24.3 Å². The van der Waals surface area contributed by atoms with Crippen LogP contribution in [0.25, 0.3) is 0 Å². The number of hydroxylamine groups is 1. The van der Waals surface area contributed by atoms with Gasteiger partial charge < -0.3 is 9.64 Å². The lowest BCUT2D eigenvalue weighted by Gasteiger charge is -2.32. The number of rotatable bonds is 4. The Bertz CT molecular complexity index is 962. The number of sulfone groups is 1. The highest BCUT2D eigenvalue weighted by molar-refractivity contribution is 7.90. The Balaban J connectivity index is 1.92. The van der Waals surface area contributed by atoms with E-state index < -0.39 is 15.7 Å². The monoisotopic (exact) mass is 396 g/mol. The van der Waals surface area contributed by atoms with Crippen LogP contribution in [0.3, 0.4) is 0 Å². The summed E-state index contributed by atoms with van der Waals surface area (Å²) in [6.45, 7) is 1.46. The molecule has 0 spiro atoms. The lowest BCUT2D eigenvalue weighted by Crippen LogP contribution is -2.32. The van der Waals surface area contributed by atoms with Crippen molar-refractivity contribution in [3.63, 3.8) is 0 Å². The average Bonchev–Trinajstić information content (AvgIpc) is 2.61. The molecule has 138 valence electrons. The largest absolute Gasteiger partial charge is 0.490 e. The zero-order chi connectivity index (χ0) is 18.9. The van der Waals surface area contributed by atoms with Crippen molar-refractivity contribution in [3.05, 3.63) is 52.5 Å². The summed E-state index contributed by atoms with van der Waals surface area (Å²) in [6.07, 6.45) is 1.13. The van der Waals surface area contributed by atoms with Crippen LogP contribution in [0.4, 0.5) is 5.69 Å². The molecular weight excluding hydrogens is 380 g/mol. The van der Waals surface area contributed by atoms with E-state index in [0.29, 0.717) is 41.7 Å². The fraction of sp³-hybridized carbons (Fsp3) is 0.235. The number of nitrogens with one attached hydrogen (secondary N) is 1. The molecule has 2 aromatic carbocycles. The van der Waals surface area contributed by atoms with Gasteiger partial charge in [-0.25, -0.2) is 13.9 Å². The van der Waals surface area contributed by atoms with Crippen molar-refractivity contribution in [3.8, 4) is 5.75 Å². The second kappa shape index (κ2) is 7.14. The fourth-order valence-electron chi connectivity index (χ4n) is 2.74. The van der Waals surface area contributed by atoms with Crippen LogP contribution in [0.1, 0.15) is 15.9 Å². The van der Waals surface area contributed by atoms with Gasteiger partial charge >= 0.3 is 0 Å². The molecule has 0 atom stereocenters. The van der Waals surface area contributed by atoms with Crippen molar-refractivity contribution < 1.29 is 23.2 Å². The average molecular weight is 397 g/mol. The predicted octanol–water partition coefficient (Wildman–Crippen LogP) is 2.26. The zero-order valence-corrected chi connectivity index (χ0v) is 15.5. The molecule has 0 saturated carbocycles. The summed E-state index contributed by atoms with van der Waals surface area (Å²) >= 11 is 6.27. The number of benzene rings is 2. The van der Waals surface area contributed by atoms with Gasteiger partial charge in [-0.3, -0.25) is 10.0 Å². The number of carbonyl (C=O) groups excluding carboxylic acids is 1. The Kier molecular flexibility index (Phi) is 5.08. The van der Waals surface area contributed by atoms with Crippen molar-refractivity contribution in [2.24, 2.45) is 0 Å². The van der Waals surface area contributed by atoms with Crippen LogP contribution in [-0.2, 0) is 16.4 Å². The summed E-state index contributed by atoms with van der Waals surface area (Å²) in [5.41, 5.74) is 3.35. The molecule has 0 bridgehead atoms. The third-order valence-electron chi connectivity index (χ3n) is 4.10. The third-order valence-corrected chi connectivity index (χ3v) is 5.56. The smallest absolute Gasteiger partial charge is 0.274 e. The molecule has 0 radical (unpaired) electrons. The van der Waals surface area contributed by atoms with Crippen LogP contribution in [-0.4, -0.2) is 38.9 Å². The van der Waals surface area contributed by atoms with Gasteiger partial charge in [0.25, 0.3) is 5.91 Å². The number of anilines is 1. The molecule has 1 heterocycles. The Morgan fingerprint density at radius 1 is 1.31 bits per heavy atom. The summed E-state index contributed by atoms with van der Waals surface area (Å²) in [5, 5.41) is 9.16. The van der Waals surface area contributed by atoms with E-state index in [9.17, 15) is 13.2 Å². The number of fused-ring (bicyclic) bond motifs is 1. The molecule has 0 fully saturated rings. The summed E-state index contributed by atoms with van der Waals surface area (Å²) < 4.78 is 28.9. The molecule has 2 aromatic rings. The summed E-state index contributed by atoms with van der Waals surface area (Å²) in [6, 6.07) is 9.48. The highest BCUT2D eigenvalue weighted by Crippen LogP contribution is 2.34. The first-order valence-electron chi connectivity index (χ1n) is 7.74. The Morgan fingerprint density at radius 2 is 2.08 bits per heavy atom. The maximum Gasteiger partial charge on any atom is 0.274 e. The van der Waals surface area contributed by atoms with Gasteiger partial charge in [0.05, 0.1) is 17.1 Å². The van der Waals surface area contributed by atoms with Crippen molar-refractivity contribution in [1.29, 1.82) is 0 Å². The first kappa shape index (κ1) is 18.5. The molecule has 0 aromatic heterocycles. The maximum absolute atomic E-state index is 11.7. The molecule has 9 heteroatoms. The molecule has 0 saturated heterocycles. The minimum Gasteiger partial charge on any atom is -0.490 e. The van der Waals surface area contributed by atoms with E-state index in [2.05, 4.69) is 0 Å². The number of hydrogen-bond donors (Lipinski definition) is 2. The number of hydrogen-bond acceptors (Lipinski definition) is 6. The third kappa shape index (κ3) is 3.77. The predicted molar refractivity (Wildman–Crippen MR) is 96.8 cm³/mol. The number of carbonyl (C=O) groups is 1. The topological polar surface area (TPSA) is 95.9 Å². The number of amides is 1. The summed E-state index contributed by atoms with van der Waals surface area (Å²) in [7, 11) is -3.33. The number of nitrogens with zero attached hydrogens (tertiary/aromatic N) is 1. The minimum atomic E-state index is -3.33. The molecule has 1 aliphatic heterocycles. The van der Waals surface area contributed by atoms with E-state index in [1.165, 1.54) is 12.1 Å². The second-order valence-corrected chi connectivity index (χ2v) is 8.34. The van der Waals surface area contributed by atoms with Gasteiger partial charge in [-0.1, -0.05) is 17.7 Å². The first-order valence-corrected chi connectivity index (χ1v) is 10.0. The van der Waals surface area contributed by atoms with Gasteiger partial charge in [0.1, 0.15) is 12.4 Å². The molecule has 7 nitrogen and oxygen atoms in total. The molecular formula is C17H17ClN2O5S. The standard InChI is InChI=1S/C17H17ClN2O5S/c1-26(23,24)13-4-2-12(14(18)9-13)10-20-6-7-25-16-5-3-11(8-15(16)20)17(21)19-22/h2-5,8-9,22H,6-7,10H2,1H3,(H,19,21). The molecule has 1 aliphatic rings. The molecule has 1 amide bonds. The highest BCUT2D eigenvalue weighted by atomic mass is 35.5. The Labute approximate surface area is 156 Å². The van der Waals surface area contributed by atoms with E-state index in [1.807, 2.05) is 4.90 Å². The number of halogens is 1. The van der Waals surface area contributed by atoms with Gasteiger partial charge in [0.2, 0.25) is 0 Å². The molecule has 0 aliphatic carbocycles. The van der Waals surface area contributed by atoms with Crippen LogP contribution in [0.5, 0.6) is 5.75 Å². The van der Waals surface area contributed by atoms with E-state index in [0.717, 1.165) is 11.8 Å². The molecule has 0 unspecified atom stereocenters. The lowest BCUT2D eigenvalue weighted by atomic mass is 10.1. The minimum absolute atomic E-state index is 0.163. The van der Waals surface area contributed by atoms with E-state index in [4.69, 9.17) is 21.5 Å². The van der Waals surface area contributed by atoms with Crippen LogP contribution in [0.2, 0.25) is 5.02 Å². The molecule has 3 rings (SSSR count). The van der Waals surface area contributed by atoms with E-state index >= 15 is 0 Å². The van der Waals surface area contributed by atoms with Crippen LogP contribution in [0.15, 0.2) is 41.3 Å². The number of ether oxygens (including phenoxy) is 1. The summed E-state index contributed by atoms with van der Waals surface area (Å²) in [4.78, 5) is 13.8. The molecule has 26 heavy (non-hydrogen) atoms. The van der Waals surface area contributed by atoms with Crippen LogP contribution >= 0.6 is 11.6 Å². The molecule has 2 N–H and O–H groups in total. The lowest BCUT2D eigenvalue weighted by molar-refractivity contribution is 0.0706. The van der Waals surface area contributed by atoms with Crippen molar-refractivity contribution >= 4 is 33.0 Å². The summed E-state index contributed by atoms with van der Waals surface area (Å²) in [5.74, 6) is 0.00322. The van der Waals surface area contributed by atoms with Gasteiger partial charge in [-0.2, -0.15) is 0 Å². The second-order valence-electron chi connectivity index (χ2n) is 5.92. The van der Waals surface area contributed by atoms with Gasteiger partial charge in [0.15, 0.2) is 9.84 Å². The quantitative estimate of drug-likeness (QED) is 0.608. The van der Waals surface area contributed by atoms with E-state index in [-0.39, 0.29) is 4.90 Å². The van der Waals surface area contributed by atoms with Crippen LogP contribution in [0, 0.1) is 0 Å². The van der Waals surface area contributed by atoms with Gasteiger partial charge in [-0.15, -0.1) is 0 Å². The first-order chi connectivity index (χ1) is 12.3. The van der Waals surface area contributed by atoms with Gasteiger partial charge in [-0.05, 0) is 35.9 Å². The SMILES string of the molecule is CS(=O)(=O)c1ccc(CN2CCOc3ccc(C(=O)NO)cc32)c(Cl)c1. The zero-order valence-electron chi connectivity index (χ0n) is 13.9.